The van der Waals surface area contributed by atoms with Gasteiger partial charge in [0.05, 0.1) is 6.54 Å². The van der Waals surface area contributed by atoms with Gasteiger partial charge in [0.25, 0.3) is 0 Å². The minimum atomic E-state index is -0.418. The van der Waals surface area contributed by atoms with Crippen LogP contribution in [0, 0.1) is 5.92 Å². The van der Waals surface area contributed by atoms with Crippen molar-refractivity contribution in [1.29, 1.82) is 0 Å². The van der Waals surface area contributed by atoms with Gasteiger partial charge in [0.1, 0.15) is 6.54 Å². The minimum Gasteiger partial charge on any atom is -0.407 e. The Kier molecular flexibility index (Phi) is 5.50. The van der Waals surface area contributed by atoms with E-state index in [0.29, 0.717) is 30.9 Å². The third-order valence-electron chi connectivity index (χ3n) is 2.43. The average Bonchev–Trinajstić information content (AvgIpc) is 2.71. The second-order valence-corrected chi connectivity index (χ2v) is 6.32. The number of nitrogens with two attached hydrogens (primary N) is 1. The molecule has 0 bridgehead atoms. The molecule has 0 fully saturated rings. The Bertz CT molecular complexity index is 436. The maximum atomic E-state index is 11.1. The molecule has 114 valence electrons. The Balaban J connectivity index is 2.72. The average molecular weight is 283 g/mol. The second kappa shape index (κ2) is 6.69. The zero-order chi connectivity index (χ0) is 15.3. The molecule has 3 N–H and O–H groups in total. The van der Waals surface area contributed by atoms with E-state index in [1.54, 1.807) is 4.90 Å². The van der Waals surface area contributed by atoms with Crippen molar-refractivity contribution in [2.24, 2.45) is 11.7 Å². The van der Waals surface area contributed by atoms with Crippen LogP contribution in [0.5, 0.6) is 0 Å². The van der Waals surface area contributed by atoms with Crippen LogP contribution in [-0.2, 0) is 11.3 Å². The zero-order valence-corrected chi connectivity index (χ0v) is 12.9. The molecule has 1 heterocycles. The molecule has 0 unspecified atom stereocenters. The molecule has 0 saturated carbocycles. The fourth-order valence-corrected chi connectivity index (χ4v) is 1.62. The van der Waals surface area contributed by atoms with E-state index in [1.165, 1.54) is 0 Å². The van der Waals surface area contributed by atoms with Crippen LogP contribution in [0.3, 0.4) is 0 Å². The highest BCUT2D eigenvalue weighted by Crippen LogP contribution is 2.14. The molecule has 1 aromatic rings. The summed E-state index contributed by atoms with van der Waals surface area (Å²) in [6.07, 6.45) is 0. The molecule has 1 amide bonds. The van der Waals surface area contributed by atoms with Crippen molar-refractivity contribution in [1.82, 2.24) is 15.5 Å². The van der Waals surface area contributed by atoms with Crippen LogP contribution in [0.1, 0.15) is 40.5 Å². The molecule has 0 aromatic carbocycles. The van der Waals surface area contributed by atoms with Crippen LogP contribution in [0.15, 0.2) is 4.42 Å². The molecule has 0 aliphatic heterocycles. The van der Waals surface area contributed by atoms with Crippen LogP contribution < -0.4 is 16.0 Å². The number of amides is 1. The summed E-state index contributed by atoms with van der Waals surface area (Å²) in [5, 5.41) is 11.2. The minimum absolute atomic E-state index is 0.0283. The lowest BCUT2D eigenvalue weighted by atomic mass is 10.1. The van der Waals surface area contributed by atoms with Gasteiger partial charge in [-0.05, 0) is 26.7 Å². The van der Waals surface area contributed by atoms with E-state index >= 15 is 0 Å². The molecule has 0 aliphatic carbocycles. The smallest absolute Gasteiger partial charge is 0.318 e. The molecule has 20 heavy (non-hydrogen) atoms. The Hall–Kier alpha value is -1.63. The molecular formula is C13H25N5O2. The zero-order valence-electron chi connectivity index (χ0n) is 12.9. The van der Waals surface area contributed by atoms with Crippen molar-refractivity contribution in [2.45, 2.75) is 46.7 Å². The summed E-state index contributed by atoms with van der Waals surface area (Å²) in [5.74, 6) is 0.434. The highest BCUT2D eigenvalue weighted by Gasteiger charge is 2.18. The quantitative estimate of drug-likeness (QED) is 0.772. The van der Waals surface area contributed by atoms with Gasteiger partial charge in [-0.2, -0.15) is 0 Å². The molecular weight excluding hydrogens is 258 g/mol. The number of hydrogen-bond acceptors (Lipinski definition) is 6. The SMILES string of the molecule is CC(C)CN(CC(N)=O)c1nnc(CNC(C)(C)C)o1. The van der Waals surface area contributed by atoms with Gasteiger partial charge in [0.15, 0.2) is 0 Å². The first-order valence-corrected chi connectivity index (χ1v) is 6.78. The van der Waals surface area contributed by atoms with Gasteiger partial charge >= 0.3 is 6.01 Å². The third-order valence-corrected chi connectivity index (χ3v) is 2.43. The van der Waals surface area contributed by atoms with Crippen LogP contribution in [0.2, 0.25) is 0 Å². The molecule has 7 heteroatoms. The van der Waals surface area contributed by atoms with E-state index in [-0.39, 0.29) is 12.1 Å². The molecule has 0 aliphatic rings. The highest BCUT2D eigenvalue weighted by atomic mass is 16.4. The first kappa shape index (κ1) is 16.4. The van der Waals surface area contributed by atoms with Gasteiger partial charge < -0.3 is 20.4 Å². The number of aromatic nitrogens is 2. The predicted molar refractivity (Wildman–Crippen MR) is 77.1 cm³/mol. The highest BCUT2D eigenvalue weighted by molar-refractivity contribution is 5.78. The summed E-state index contributed by atoms with van der Waals surface area (Å²) < 4.78 is 5.58. The number of hydrogen-bond donors (Lipinski definition) is 2. The molecule has 0 spiro atoms. The summed E-state index contributed by atoms with van der Waals surface area (Å²) >= 11 is 0. The molecule has 0 saturated heterocycles. The molecule has 7 nitrogen and oxygen atoms in total. The molecule has 1 rings (SSSR count). The molecule has 0 radical (unpaired) electrons. The summed E-state index contributed by atoms with van der Waals surface area (Å²) in [7, 11) is 0. The fraction of sp³-hybridized carbons (Fsp3) is 0.769. The van der Waals surface area contributed by atoms with E-state index < -0.39 is 5.91 Å². The number of carbonyl (C=O) groups excluding carboxylic acids is 1. The molecule has 0 atom stereocenters. The van der Waals surface area contributed by atoms with Gasteiger partial charge in [0.2, 0.25) is 11.8 Å². The van der Waals surface area contributed by atoms with Gasteiger partial charge in [-0.3, -0.25) is 4.79 Å². The lowest BCUT2D eigenvalue weighted by Crippen LogP contribution is -2.36. The summed E-state index contributed by atoms with van der Waals surface area (Å²) in [5.41, 5.74) is 5.22. The van der Waals surface area contributed by atoms with Crippen LogP contribution >= 0.6 is 0 Å². The number of anilines is 1. The number of carbonyl (C=O) groups is 1. The Morgan fingerprint density at radius 1 is 1.40 bits per heavy atom. The van der Waals surface area contributed by atoms with Gasteiger partial charge in [-0.15, -0.1) is 5.10 Å². The Labute approximate surface area is 119 Å². The normalized spacial score (nSPS) is 11.9. The maximum absolute atomic E-state index is 11.1. The first-order chi connectivity index (χ1) is 9.17. The van der Waals surface area contributed by atoms with E-state index in [0.717, 1.165) is 0 Å². The topological polar surface area (TPSA) is 97.3 Å². The lowest BCUT2D eigenvalue weighted by molar-refractivity contribution is -0.116. The molecule has 1 aromatic heterocycles. The number of nitrogens with one attached hydrogen (secondary N) is 1. The van der Waals surface area contributed by atoms with Crippen LogP contribution in [-0.4, -0.2) is 34.7 Å². The van der Waals surface area contributed by atoms with Crippen LogP contribution in [0.25, 0.3) is 0 Å². The number of rotatable bonds is 7. The summed E-state index contributed by atoms with van der Waals surface area (Å²) in [6.45, 7) is 11.5. The van der Waals surface area contributed by atoms with E-state index in [9.17, 15) is 4.79 Å². The number of primary amides is 1. The summed E-state index contributed by atoms with van der Waals surface area (Å²) in [6, 6.07) is 0.336. The van der Waals surface area contributed by atoms with Crippen molar-refractivity contribution >= 4 is 11.9 Å². The fourth-order valence-electron chi connectivity index (χ4n) is 1.62. The maximum Gasteiger partial charge on any atom is 0.318 e. The van der Waals surface area contributed by atoms with Crippen molar-refractivity contribution in [3.05, 3.63) is 5.89 Å². The van der Waals surface area contributed by atoms with E-state index in [2.05, 4.69) is 36.3 Å². The van der Waals surface area contributed by atoms with Gasteiger partial charge in [-0.1, -0.05) is 18.9 Å². The summed E-state index contributed by atoms with van der Waals surface area (Å²) in [4.78, 5) is 12.8. The first-order valence-electron chi connectivity index (χ1n) is 6.78. The number of nitrogens with zero attached hydrogens (tertiary/aromatic N) is 3. The van der Waals surface area contributed by atoms with Crippen molar-refractivity contribution in [3.63, 3.8) is 0 Å². The largest absolute Gasteiger partial charge is 0.407 e. The van der Waals surface area contributed by atoms with Gasteiger partial charge in [0, 0.05) is 12.1 Å². The predicted octanol–water partition coefficient (Wildman–Crippen LogP) is 0.905. The Morgan fingerprint density at radius 2 is 2.05 bits per heavy atom. The van der Waals surface area contributed by atoms with Crippen LogP contribution in [0.4, 0.5) is 6.01 Å². The monoisotopic (exact) mass is 283 g/mol. The second-order valence-electron chi connectivity index (χ2n) is 6.32. The standard InChI is InChI=1S/C13H25N5O2/c1-9(2)7-18(8-10(14)19)12-17-16-11(20-12)6-15-13(3,4)5/h9,15H,6-8H2,1-5H3,(H2,14,19). The van der Waals surface area contributed by atoms with Crippen molar-refractivity contribution in [3.8, 4) is 0 Å². The van der Waals surface area contributed by atoms with E-state index in [1.807, 2.05) is 13.8 Å². The third kappa shape index (κ3) is 6.01. The van der Waals surface area contributed by atoms with Crippen molar-refractivity contribution in [2.75, 3.05) is 18.0 Å². The lowest BCUT2D eigenvalue weighted by Gasteiger charge is -2.20. The van der Waals surface area contributed by atoms with E-state index in [4.69, 9.17) is 10.2 Å². The van der Waals surface area contributed by atoms with Crippen molar-refractivity contribution < 1.29 is 9.21 Å². The van der Waals surface area contributed by atoms with Gasteiger partial charge in [-0.25, -0.2) is 0 Å². The Morgan fingerprint density at radius 3 is 2.55 bits per heavy atom.